The molecule has 1 saturated carbocycles. The zero-order chi connectivity index (χ0) is 22.0. The first kappa shape index (κ1) is 21.5. The zero-order valence-electron chi connectivity index (χ0n) is 16.7. The highest BCUT2D eigenvalue weighted by molar-refractivity contribution is 7.99. The number of hydrogen-bond acceptors (Lipinski definition) is 6. The van der Waals surface area contributed by atoms with Gasteiger partial charge in [0.05, 0.1) is 21.6 Å². The molecule has 1 heterocycles. The number of thioether (sulfide) groups is 1. The molecule has 3 aromatic rings. The number of amides is 1. The Kier molecular flexibility index (Phi) is 6.12. The highest BCUT2D eigenvalue weighted by Crippen LogP contribution is 2.32. The van der Waals surface area contributed by atoms with Crippen molar-refractivity contribution in [3.8, 4) is 0 Å². The van der Waals surface area contributed by atoms with E-state index < -0.39 is 10.0 Å². The highest BCUT2D eigenvalue weighted by atomic mass is 32.2. The van der Waals surface area contributed by atoms with Gasteiger partial charge in [0, 0.05) is 11.7 Å². The molecular weight excluding hydrogens is 436 g/mol. The van der Waals surface area contributed by atoms with Crippen molar-refractivity contribution in [2.24, 2.45) is 5.14 Å². The van der Waals surface area contributed by atoms with Gasteiger partial charge in [-0.05, 0) is 49.2 Å². The number of nitrogens with zero attached hydrogens (tertiary/aromatic N) is 2. The maximum Gasteiger partial charge on any atom is 0.262 e. The van der Waals surface area contributed by atoms with Crippen LogP contribution in [0.3, 0.4) is 0 Å². The summed E-state index contributed by atoms with van der Waals surface area (Å²) >= 11 is 1.22. The normalized spacial score (nSPS) is 14.7. The molecule has 1 aliphatic rings. The molecule has 8 nitrogen and oxygen atoms in total. The van der Waals surface area contributed by atoms with Crippen molar-refractivity contribution < 1.29 is 13.2 Å². The van der Waals surface area contributed by atoms with Crippen LogP contribution in [0, 0.1) is 0 Å². The van der Waals surface area contributed by atoms with Crippen LogP contribution < -0.4 is 16.0 Å². The van der Waals surface area contributed by atoms with E-state index in [0.29, 0.717) is 21.7 Å². The van der Waals surface area contributed by atoms with E-state index in [1.54, 1.807) is 16.7 Å². The Bertz CT molecular complexity index is 1280. The fourth-order valence-electron chi connectivity index (χ4n) is 3.77. The van der Waals surface area contributed by atoms with E-state index in [-0.39, 0.29) is 28.2 Å². The molecule has 0 atom stereocenters. The fraction of sp³-hybridized carbons (Fsp3) is 0.286. The average Bonchev–Trinajstić information content (AvgIpc) is 3.26. The number of aromatic nitrogens is 2. The van der Waals surface area contributed by atoms with Gasteiger partial charge in [-0.1, -0.05) is 36.7 Å². The Hall–Kier alpha value is -2.69. The minimum atomic E-state index is -3.79. The van der Waals surface area contributed by atoms with Crippen LogP contribution in [0.15, 0.2) is 63.4 Å². The lowest BCUT2D eigenvalue weighted by Gasteiger charge is -2.18. The molecule has 0 saturated heterocycles. The molecule has 4 rings (SSSR count). The lowest BCUT2D eigenvalue weighted by Crippen LogP contribution is -2.27. The van der Waals surface area contributed by atoms with Gasteiger partial charge >= 0.3 is 0 Å². The predicted octanol–water partition coefficient (Wildman–Crippen LogP) is 2.89. The van der Waals surface area contributed by atoms with Gasteiger partial charge < -0.3 is 5.32 Å². The summed E-state index contributed by atoms with van der Waals surface area (Å²) in [5.74, 6) is -0.220. The summed E-state index contributed by atoms with van der Waals surface area (Å²) in [6.07, 6.45) is 4.00. The Morgan fingerprint density at radius 2 is 1.81 bits per heavy atom. The minimum absolute atomic E-state index is 0.0270. The third-order valence-corrected chi connectivity index (χ3v) is 7.15. The minimum Gasteiger partial charge on any atom is -0.325 e. The van der Waals surface area contributed by atoms with Crippen molar-refractivity contribution in [2.75, 3.05) is 11.1 Å². The van der Waals surface area contributed by atoms with Crippen molar-refractivity contribution in [1.29, 1.82) is 0 Å². The van der Waals surface area contributed by atoms with Crippen LogP contribution in [-0.2, 0) is 14.8 Å². The van der Waals surface area contributed by atoms with E-state index in [2.05, 4.69) is 10.3 Å². The van der Waals surface area contributed by atoms with Crippen LogP contribution in [0.4, 0.5) is 5.69 Å². The van der Waals surface area contributed by atoms with Crippen molar-refractivity contribution in [3.05, 3.63) is 58.9 Å². The van der Waals surface area contributed by atoms with E-state index >= 15 is 0 Å². The summed E-state index contributed by atoms with van der Waals surface area (Å²) in [6.45, 7) is 0. The molecule has 0 radical (unpaired) electrons. The smallest absolute Gasteiger partial charge is 0.262 e. The average molecular weight is 459 g/mol. The molecule has 1 fully saturated rings. The number of carbonyl (C=O) groups is 1. The summed E-state index contributed by atoms with van der Waals surface area (Å²) in [5.41, 5.74) is 1.000. The predicted molar refractivity (Wildman–Crippen MR) is 121 cm³/mol. The van der Waals surface area contributed by atoms with Gasteiger partial charge in [-0.3, -0.25) is 14.2 Å². The molecule has 0 bridgehead atoms. The number of sulfonamides is 1. The van der Waals surface area contributed by atoms with Gasteiger partial charge in [-0.15, -0.1) is 0 Å². The van der Waals surface area contributed by atoms with Crippen molar-refractivity contribution in [3.63, 3.8) is 0 Å². The van der Waals surface area contributed by atoms with Gasteiger partial charge in [0.1, 0.15) is 0 Å². The van der Waals surface area contributed by atoms with E-state index in [1.165, 1.54) is 36.0 Å². The summed E-state index contributed by atoms with van der Waals surface area (Å²) < 4.78 is 24.4. The largest absolute Gasteiger partial charge is 0.325 e. The first-order valence-corrected chi connectivity index (χ1v) is 12.4. The number of hydrogen-bond donors (Lipinski definition) is 2. The molecule has 0 spiro atoms. The Labute approximate surface area is 183 Å². The van der Waals surface area contributed by atoms with E-state index in [9.17, 15) is 18.0 Å². The monoisotopic (exact) mass is 458 g/mol. The van der Waals surface area contributed by atoms with Crippen LogP contribution in [0.5, 0.6) is 0 Å². The first-order chi connectivity index (χ1) is 14.8. The molecule has 31 heavy (non-hydrogen) atoms. The van der Waals surface area contributed by atoms with Crippen LogP contribution in [0.1, 0.15) is 31.7 Å². The summed E-state index contributed by atoms with van der Waals surface area (Å²) in [7, 11) is -3.79. The van der Waals surface area contributed by atoms with Gasteiger partial charge in [-0.25, -0.2) is 18.5 Å². The summed E-state index contributed by atoms with van der Waals surface area (Å²) in [6, 6.07) is 13.0. The van der Waals surface area contributed by atoms with Crippen molar-refractivity contribution >= 4 is 44.3 Å². The Balaban J connectivity index is 1.53. The molecular formula is C21H22N4O4S2. The molecule has 1 aromatic heterocycles. The molecule has 0 unspecified atom stereocenters. The number of rotatable bonds is 6. The third-order valence-electron chi connectivity index (χ3n) is 5.26. The maximum atomic E-state index is 13.1. The van der Waals surface area contributed by atoms with E-state index in [0.717, 1.165) is 25.7 Å². The quantitative estimate of drug-likeness (QED) is 0.432. The topological polar surface area (TPSA) is 124 Å². The van der Waals surface area contributed by atoms with Gasteiger partial charge in [0.2, 0.25) is 15.9 Å². The van der Waals surface area contributed by atoms with Gasteiger partial charge in [0.25, 0.3) is 5.56 Å². The van der Waals surface area contributed by atoms with Crippen LogP contribution in [0.25, 0.3) is 10.9 Å². The molecule has 2 aromatic carbocycles. The number of benzene rings is 2. The Morgan fingerprint density at radius 1 is 1.13 bits per heavy atom. The summed E-state index contributed by atoms with van der Waals surface area (Å²) in [4.78, 5) is 30.2. The van der Waals surface area contributed by atoms with Gasteiger partial charge in [-0.2, -0.15) is 0 Å². The second-order valence-electron chi connectivity index (χ2n) is 7.43. The number of fused-ring (bicyclic) bond motifs is 1. The second kappa shape index (κ2) is 8.81. The number of para-hydroxylation sites is 1. The molecule has 0 aliphatic heterocycles. The molecule has 10 heteroatoms. The van der Waals surface area contributed by atoms with E-state index in [4.69, 9.17) is 5.14 Å². The first-order valence-electron chi connectivity index (χ1n) is 9.90. The standard InChI is InChI=1S/C21H22N4O4S2/c22-31(28,29)16-11-9-14(10-12-16)23-19(26)13-30-21-24-18-8-4-3-7-17(18)20(27)25(21)15-5-1-2-6-15/h3-4,7-12,15H,1-2,5-6,13H2,(H,23,26)(H2,22,28,29). The van der Waals surface area contributed by atoms with E-state index in [1.807, 2.05) is 12.1 Å². The third kappa shape index (κ3) is 4.81. The lowest BCUT2D eigenvalue weighted by atomic mass is 10.2. The Morgan fingerprint density at radius 3 is 2.48 bits per heavy atom. The number of nitrogens with one attached hydrogen (secondary N) is 1. The van der Waals surface area contributed by atoms with Crippen LogP contribution in [-0.4, -0.2) is 29.6 Å². The molecule has 1 aliphatic carbocycles. The highest BCUT2D eigenvalue weighted by Gasteiger charge is 2.23. The number of anilines is 1. The SMILES string of the molecule is NS(=O)(=O)c1ccc(NC(=O)CSc2nc3ccccc3c(=O)n2C2CCCC2)cc1. The lowest BCUT2D eigenvalue weighted by molar-refractivity contribution is -0.113. The second-order valence-corrected chi connectivity index (χ2v) is 9.94. The summed E-state index contributed by atoms with van der Waals surface area (Å²) in [5, 5.41) is 8.92. The van der Waals surface area contributed by atoms with Gasteiger partial charge in [0.15, 0.2) is 5.16 Å². The number of nitrogens with two attached hydrogens (primary N) is 1. The fourth-order valence-corrected chi connectivity index (χ4v) is 5.15. The van der Waals surface area contributed by atoms with Crippen molar-refractivity contribution in [1.82, 2.24) is 9.55 Å². The number of primary sulfonamides is 1. The number of carbonyl (C=O) groups excluding carboxylic acids is 1. The van der Waals surface area contributed by atoms with Crippen molar-refractivity contribution in [2.45, 2.75) is 41.8 Å². The van der Waals surface area contributed by atoms with Crippen LogP contribution in [0.2, 0.25) is 0 Å². The zero-order valence-corrected chi connectivity index (χ0v) is 18.3. The molecule has 162 valence electrons. The maximum absolute atomic E-state index is 13.1. The molecule has 3 N–H and O–H groups in total. The van der Waals surface area contributed by atoms with Crippen LogP contribution >= 0.6 is 11.8 Å². The molecule has 1 amide bonds.